The Morgan fingerprint density at radius 2 is 2.08 bits per heavy atom. The van der Waals surface area contributed by atoms with Crippen molar-refractivity contribution in [2.75, 3.05) is 13.2 Å². The maximum absolute atomic E-state index is 12.2. The number of hydrogen-bond donors (Lipinski definition) is 1. The Morgan fingerprint density at radius 1 is 1.33 bits per heavy atom. The number of nitrogens with one attached hydrogen (secondary N) is 1. The van der Waals surface area contributed by atoms with Gasteiger partial charge < -0.3 is 9.47 Å². The summed E-state index contributed by atoms with van der Waals surface area (Å²) in [4.78, 5) is 0. The average Bonchev–Trinajstić information content (AvgIpc) is 3.20. The molecule has 0 saturated carbocycles. The molecule has 1 saturated heterocycles. The number of nitrogens with zero attached hydrogens (tertiary/aromatic N) is 1. The maximum Gasteiger partial charge on any atom is 0.389 e. The van der Waals surface area contributed by atoms with E-state index in [1.54, 1.807) is 13.8 Å². The first-order valence-electron chi connectivity index (χ1n) is 8.48. The van der Waals surface area contributed by atoms with Gasteiger partial charge in [0.1, 0.15) is 17.6 Å². The zero-order chi connectivity index (χ0) is 17.3. The molecule has 7 heteroatoms. The zero-order valence-corrected chi connectivity index (χ0v) is 15.0. The minimum atomic E-state index is -3.56. The van der Waals surface area contributed by atoms with Crippen molar-refractivity contribution in [1.29, 1.82) is 5.53 Å². The molecule has 6 nitrogen and oxygen atoms in total. The summed E-state index contributed by atoms with van der Waals surface area (Å²) in [6.07, 6.45) is 3.43. The lowest BCUT2D eigenvalue weighted by Gasteiger charge is -2.12. The third kappa shape index (κ3) is 3.47. The highest BCUT2D eigenvalue weighted by Crippen LogP contribution is 2.29. The Kier molecular flexibility index (Phi) is 4.92. The summed E-state index contributed by atoms with van der Waals surface area (Å²) in [7, 11) is -3.56. The quantitative estimate of drug-likeness (QED) is 0.629. The topological polar surface area (TPSA) is 79.5 Å². The van der Waals surface area contributed by atoms with Gasteiger partial charge in [-0.25, -0.2) is 0 Å². The van der Waals surface area contributed by atoms with Gasteiger partial charge in [0.15, 0.2) is 0 Å². The number of hydrogen-bond acceptors (Lipinski definition) is 5. The Morgan fingerprint density at radius 3 is 2.75 bits per heavy atom. The van der Waals surface area contributed by atoms with Crippen LogP contribution in [-0.2, 0) is 27.6 Å². The standard InChI is InChI=1S/C17H25N2O4S/c1-12(2)24(20,21)19(18)15-8-13-5-6-16(10-14(13)9-15)23-11-17-4-3-7-22-17/h5-6,10,12,15,17-18H,3-4,7-9,11H2,1-2H3/q+1. The van der Waals surface area contributed by atoms with Crippen molar-refractivity contribution in [3.8, 4) is 5.75 Å². The summed E-state index contributed by atoms with van der Waals surface area (Å²) in [5, 5.41) is -0.580. The molecule has 2 unspecified atom stereocenters. The van der Waals surface area contributed by atoms with Gasteiger partial charge in [0.25, 0.3) is 0 Å². The molecule has 1 fully saturated rings. The molecule has 0 aromatic heterocycles. The van der Waals surface area contributed by atoms with Gasteiger partial charge >= 0.3 is 10.0 Å². The molecule has 0 amide bonds. The molecule has 1 aromatic carbocycles. The number of benzene rings is 1. The molecule has 1 aliphatic heterocycles. The highest BCUT2D eigenvalue weighted by Gasteiger charge is 2.40. The predicted octanol–water partition coefficient (Wildman–Crippen LogP) is 2.49. The fourth-order valence-electron chi connectivity index (χ4n) is 3.23. The van der Waals surface area contributed by atoms with Crippen molar-refractivity contribution >= 4 is 10.0 Å². The Balaban J connectivity index is 1.65. The molecule has 132 valence electrons. The van der Waals surface area contributed by atoms with E-state index >= 15 is 0 Å². The van der Waals surface area contributed by atoms with Crippen LogP contribution in [0.5, 0.6) is 5.75 Å². The lowest BCUT2D eigenvalue weighted by Crippen LogP contribution is -2.34. The fourth-order valence-corrected chi connectivity index (χ4v) is 4.25. The van der Waals surface area contributed by atoms with E-state index in [0.29, 0.717) is 19.4 Å². The maximum atomic E-state index is 12.2. The molecule has 1 aromatic rings. The molecule has 0 bridgehead atoms. The minimum absolute atomic E-state index is 0.172. The molecule has 0 radical (unpaired) electrons. The van der Waals surface area contributed by atoms with Crippen molar-refractivity contribution in [2.45, 2.75) is 56.9 Å². The lowest BCUT2D eigenvalue weighted by molar-refractivity contribution is -0.506. The number of rotatable bonds is 6. The first-order valence-corrected chi connectivity index (χ1v) is 9.99. The van der Waals surface area contributed by atoms with Crippen LogP contribution in [0.3, 0.4) is 0 Å². The van der Waals surface area contributed by atoms with Gasteiger partial charge in [0.2, 0.25) is 6.04 Å². The molecular weight excluding hydrogens is 328 g/mol. The van der Waals surface area contributed by atoms with Gasteiger partial charge in [-0.05, 0) is 59.6 Å². The van der Waals surface area contributed by atoms with E-state index in [-0.39, 0.29) is 12.1 Å². The van der Waals surface area contributed by atoms with E-state index < -0.39 is 15.3 Å². The second-order valence-corrected chi connectivity index (χ2v) is 9.19. The highest BCUT2D eigenvalue weighted by atomic mass is 32.2. The monoisotopic (exact) mass is 353 g/mol. The van der Waals surface area contributed by atoms with Crippen LogP contribution in [0.2, 0.25) is 0 Å². The van der Waals surface area contributed by atoms with Crippen molar-refractivity contribution < 1.29 is 22.0 Å². The second-order valence-electron chi connectivity index (χ2n) is 6.83. The molecule has 1 aliphatic carbocycles. The molecular formula is C17H25N2O4S+. The molecule has 2 atom stereocenters. The van der Waals surface area contributed by atoms with Crippen LogP contribution >= 0.6 is 0 Å². The third-order valence-corrected chi connectivity index (χ3v) is 6.79. The summed E-state index contributed by atoms with van der Waals surface area (Å²) < 4.78 is 36.5. The van der Waals surface area contributed by atoms with Crippen molar-refractivity contribution in [2.24, 2.45) is 0 Å². The van der Waals surface area contributed by atoms with Crippen LogP contribution in [0.25, 0.3) is 0 Å². The average molecular weight is 353 g/mol. The van der Waals surface area contributed by atoms with E-state index in [2.05, 4.69) is 0 Å². The Hall–Kier alpha value is -1.47. The van der Waals surface area contributed by atoms with Crippen molar-refractivity contribution in [3.05, 3.63) is 29.3 Å². The summed E-state index contributed by atoms with van der Waals surface area (Å²) >= 11 is 0. The molecule has 3 rings (SSSR count). The predicted molar refractivity (Wildman–Crippen MR) is 89.1 cm³/mol. The number of sulfonamides is 1. The third-order valence-electron chi connectivity index (χ3n) is 4.75. The SMILES string of the molecule is CC(C)S(=O)(=O)[N+](=N)C1Cc2ccc(OCC3CCCO3)cc2C1. The van der Waals surface area contributed by atoms with E-state index in [4.69, 9.17) is 15.0 Å². The Bertz CT molecular complexity index is 724. The van der Waals surface area contributed by atoms with Gasteiger partial charge in [0, 0.05) is 19.4 Å². The van der Waals surface area contributed by atoms with E-state index in [1.165, 1.54) is 0 Å². The van der Waals surface area contributed by atoms with Crippen molar-refractivity contribution in [3.63, 3.8) is 0 Å². The van der Waals surface area contributed by atoms with Crippen LogP contribution in [0.15, 0.2) is 18.2 Å². The normalized spacial score (nSPS) is 23.5. The summed E-state index contributed by atoms with van der Waals surface area (Å²) in [6, 6.07) is 5.54. The van der Waals surface area contributed by atoms with Gasteiger partial charge in [0.05, 0.1) is 6.10 Å². The highest BCUT2D eigenvalue weighted by molar-refractivity contribution is 7.85. The largest absolute Gasteiger partial charge is 0.491 e. The van der Waals surface area contributed by atoms with Gasteiger partial charge in [-0.1, -0.05) is 6.07 Å². The van der Waals surface area contributed by atoms with Crippen molar-refractivity contribution in [1.82, 2.24) is 0 Å². The van der Waals surface area contributed by atoms with Gasteiger partial charge in [-0.2, -0.15) is 8.42 Å². The molecule has 24 heavy (non-hydrogen) atoms. The summed E-state index contributed by atoms with van der Waals surface area (Å²) in [6.45, 7) is 4.57. The van der Waals surface area contributed by atoms with Crippen LogP contribution in [0.1, 0.15) is 37.8 Å². The first kappa shape index (κ1) is 17.4. The fraction of sp³-hybridized carbons (Fsp3) is 0.647. The van der Waals surface area contributed by atoms with Crippen LogP contribution in [-0.4, -0.2) is 43.1 Å². The zero-order valence-electron chi connectivity index (χ0n) is 14.2. The summed E-state index contributed by atoms with van der Waals surface area (Å²) in [5.41, 5.74) is 10.2. The summed E-state index contributed by atoms with van der Waals surface area (Å²) in [5.74, 6) is 0.785. The number of fused-ring (bicyclic) bond motifs is 1. The number of ether oxygens (including phenoxy) is 2. The first-order chi connectivity index (χ1) is 11.4. The molecule has 1 heterocycles. The van der Waals surface area contributed by atoms with E-state index in [9.17, 15) is 8.42 Å². The van der Waals surface area contributed by atoms with Gasteiger partial charge in [-0.15, -0.1) is 0 Å². The smallest absolute Gasteiger partial charge is 0.389 e. The second kappa shape index (κ2) is 6.80. The van der Waals surface area contributed by atoms with Gasteiger partial charge in [-0.3, -0.25) is 0 Å². The van der Waals surface area contributed by atoms with Crippen LogP contribution < -0.4 is 4.74 Å². The molecule has 2 aliphatic rings. The van der Waals surface area contributed by atoms with E-state index in [1.807, 2.05) is 18.2 Å². The van der Waals surface area contributed by atoms with Crippen LogP contribution in [0, 0.1) is 5.53 Å². The van der Waals surface area contributed by atoms with E-state index in [0.717, 1.165) is 40.4 Å². The Labute approximate surface area is 143 Å². The molecule has 1 N–H and O–H groups in total. The minimum Gasteiger partial charge on any atom is -0.491 e. The lowest BCUT2D eigenvalue weighted by atomic mass is 10.1. The van der Waals surface area contributed by atoms with Crippen LogP contribution in [0.4, 0.5) is 0 Å². The molecule has 0 spiro atoms.